The van der Waals surface area contributed by atoms with Gasteiger partial charge in [0.25, 0.3) is 0 Å². The van der Waals surface area contributed by atoms with Gasteiger partial charge in [-0.05, 0) is 17.7 Å². The van der Waals surface area contributed by atoms with Crippen molar-refractivity contribution in [2.45, 2.75) is 6.54 Å². The van der Waals surface area contributed by atoms with Crippen molar-refractivity contribution >= 4 is 11.6 Å². The van der Waals surface area contributed by atoms with Gasteiger partial charge in [0, 0.05) is 19.6 Å². The summed E-state index contributed by atoms with van der Waals surface area (Å²) in [7, 11) is 0. The number of anilines is 1. The van der Waals surface area contributed by atoms with Gasteiger partial charge >= 0.3 is 0 Å². The largest absolute Gasteiger partial charge is 0.396 e. The number of rotatable bonds is 2. The Balaban J connectivity index is 2.03. The zero-order valence-electron chi connectivity index (χ0n) is 8.87. The van der Waals surface area contributed by atoms with E-state index in [-0.39, 0.29) is 11.6 Å². The summed E-state index contributed by atoms with van der Waals surface area (Å²) in [6.07, 6.45) is 0. The van der Waals surface area contributed by atoms with Gasteiger partial charge in [0.2, 0.25) is 5.91 Å². The summed E-state index contributed by atoms with van der Waals surface area (Å²) in [6, 6.07) is 4.75. The monoisotopic (exact) mass is 223 g/mol. The third-order valence-corrected chi connectivity index (χ3v) is 2.59. The first kappa shape index (κ1) is 10.9. The van der Waals surface area contributed by atoms with Crippen LogP contribution in [-0.4, -0.2) is 30.4 Å². The van der Waals surface area contributed by atoms with E-state index in [0.29, 0.717) is 19.6 Å². The third-order valence-electron chi connectivity index (χ3n) is 2.59. The molecule has 0 atom stereocenters. The number of amides is 1. The van der Waals surface area contributed by atoms with Gasteiger partial charge in [-0.1, -0.05) is 6.07 Å². The standard InChI is InChI=1S/C11H14FN3O/c12-9-5-8(1-2-10(9)13)6-15-4-3-14-11(16)7-15/h1-2,5H,3-4,6-7,13H2,(H,14,16). The maximum absolute atomic E-state index is 13.2. The Bertz CT molecular complexity index is 408. The normalized spacial score (nSPS) is 17.2. The molecule has 16 heavy (non-hydrogen) atoms. The molecule has 1 amide bonds. The summed E-state index contributed by atoms with van der Waals surface area (Å²) in [5.74, 6) is -0.388. The van der Waals surface area contributed by atoms with E-state index in [1.807, 2.05) is 4.90 Å². The van der Waals surface area contributed by atoms with Crippen molar-refractivity contribution in [1.29, 1.82) is 0 Å². The van der Waals surface area contributed by atoms with Crippen LogP contribution in [0, 0.1) is 5.82 Å². The molecular formula is C11H14FN3O. The maximum atomic E-state index is 13.2. The van der Waals surface area contributed by atoms with Gasteiger partial charge < -0.3 is 11.1 Å². The summed E-state index contributed by atoms with van der Waals surface area (Å²) < 4.78 is 13.2. The van der Waals surface area contributed by atoms with Gasteiger partial charge in [-0.25, -0.2) is 4.39 Å². The number of benzene rings is 1. The molecule has 1 fully saturated rings. The van der Waals surface area contributed by atoms with E-state index in [4.69, 9.17) is 5.73 Å². The minimum atomic E-state index is -0.404. The van der Waals surface area contributed by atoms with Crippen molar-refractivity contribution in [3.8, 4) is 0 Å². The number of halogens is 1. The summed E-state index contributed by atoms with van der Waals surface area (Å²) >= 11 is 0. The molecule has 5 heteroatoms. The Kier molecular flexibility index (Phi) is 3.05. The van der Waals surface area contributed by atoms with Gasteiger partial charge in [0.1, 0.15) is 5.82 Å². The van der Waals surface area contributed by atoms with Crippen molar-refractivity contribution < 1.29 is 9.18 Å². The average Bonchev–Trinajstić information content (AvgIpc) is 2.24. The first-order valence-electron chi connectivity index (χ1n) is 5.18. The molecular weight excluding hydrogens is 209 g/mol. The molecule has 1 heterocycles. The minimum Gasteiger partial charge on any atom is -0.396 e. The molecule has 3 N–H and O–H groups in total. The second-order valence-electron chi connectivity index (χ2n) is 3.92. The summed E-state index contributed by atoms with van der Waals surface area (Å²) in [6.45, 7) is 2.38. The highest BCUT2D eigenvalue weighted by molar-refractivity contribution is 5.78. The number of nitrogens with zero attached hydrogens (tertiary/aromatic N) is 1. The lowest BCUT2D eigenvalue weighted by Crippen LogP contribution is -2.47. The van der Waals surface area contributed by atoms with Crippen LogP contribution in [-0.2, 0) is 11.3 Å². The van der Waals surface area contributed by atoms with Crippen LogP contribution in [0.1, 0.15) is 5.56 Å². The number of nitrogens with two attached hydrogens (primary N) is 1. The zero-order valence-corrected chi connectivity index (χ0v) is 8.87. The quantitative estimate of drug-likeness (QED) is 0.711. The van der Waals surface area contributed by atoms with E-state index < -0.39 is 5.82 Å². The molecule has 2 rings (SSSR count). The molecule has 0 unspecified atom stereocenters. The van der Waals surface area contributed by atoms with E-state index in [1.165, 1.54) is 6.07 Å². The number of carbonyl (C=O) groups excluding carboxylic acids is 1. The second-order valence-corrected chi connectivity index (χ2v) is 3.92. The van der Waals surface area contributed by atoms with Crippen LogP contribution >= 0.6 is 0 Å². The number of nitrogens with one attached hydrogen (secondary N) is 1. The van der Waals surface area contributed by atoms with Crippen molar-refractivity contribution in [2.75, 3.05) is 25.4 Å². The van der Waals surface area contributed by atoms with Crippen LogP contribution < -0.4 is 11.1 Å². The number of nitrogen functional groups attached to an aromatic ring is 1. The first-order valence-corrected chi connectivity index (χ1v) is 5.18. The van der Waals surface area contributed by atoms with Crippen molar-refractivity contribution in [1.82, 2.24) is 10.2 Å². The smallest absolute Gasteiger partial charge is 0.234 e. The predicted molar refractivity (Wildman–Crippen MR) is 59.1 cm³/mol. The molecule has 1 aliphatic rings. The molecule has 1 aromatic rings. The van der Waals surface area contributed by atoms with E-state index in [1.54, 1.807) is 12.1 Å². The van der Waals surface area contributed by atoms with Gasteiger partial charge in [0.15, 0.2) is 0 Å². The van der Waals surface area contributed by atoms with Crippen molar-refractivity contribution in [2.24, 2.45) is 0 Å². The highest BCUT2D eigenvalue weighted by Gasteiger charge is 2.16. The molecule has 1 aromatic carbocycles. The van der Waals surface area contributed by atoms with Crippen LogP contribution in [0.15, 0.2) is 18.2 Å². The number of piperazine rings is 1. The summed E-state index contributed by atoms with van der Waals surface area (Å²) in [5, 5.41) is 2.74. The van der Waals surface area contributed by atoms with Crippen LogP contribution in [0.3, 0.4) is 0 Å². The fourth-order valence-corrected chi connectivity index (χ4v) is 1.75. The maximum Gasteiger partial charge on any atom is 0.234 e. The molecule has 86 valence electrons. The van der Waals surface area contributed by atoms with Crippen LogP contribution in [0.2, 0.25) is 0 Å². The lowest BCUT2D eigenvalue weighted by molar-refractivity contribution is -0.124. The lowest BCUT2D eigenvalue weighted by Gasteiger charge is -2.26. The Morgan fingerprint density at radius 2 is 2.31 bits per heavy atom. The fraction of sp³-hybridized carbons (Fsp3) is 0.364. The van der Waals surface area contributed by atoms with Crippen LogP contribution in [0.25, 0.3) is 0 Å². The second kappa shape index (κ2) is 4.49. The number of hydrogen-bond donors (Lipinski definition) is 2. The predicted octanol–water partition coefficient (Wildman–Crippen LogP) is 0.340. The molecule has 0 spiro atoms. The highest BCUT2D eigenvalue weighted by Crippen LogP contribution is 2.13. The SMILES string of the molecule is Nc1ccc(CN2CCNC(=O)C2)cc1F. The Labute approximate surface area is 93.2 Å². The number of carbonyl (C=O) groups is 1. The Morgan fingerprint density at radius 3 is 3.00 bits per heavy atom. The van der Waals surface area contributed by atoms with Crippen molar-refractivity contribution in [3.63, 3.8) is 0 Å². The highest BCUT2D eigenvalue weighted by atomic mass is 19.1. The summed E-state index contributed by atoms with van der Waals surface area (Å²) in [5.41, 5.74) is 6.38. The fourth-order valence-electron chi connectivity index (χ4n) is 1.75. The van der Waals surface area contributed by atoms with Gasteiger partial charge in [-0.3, -0.25) is 9.69 Å². The minimum absolute atomic E-state index is 0.0159. The molecule has 1 saturated heterocycles. The Morgan fingerprint density at radius 1 is 1.50 bits per heavy atom. The zero-order chi connectivity index (χ0) is 11.5. The van der Waals surface area contributed by atoms with E-state index in [0.717, 1.165) is 12.1 Å². The molecule has 1 aliphatic heterocycles. The van der Waals surface area contributed by atoms with Crippen LogP contribution in [0.5, 0.6) is 0 Å². The molecule has 0 radical (unpaired) electrons. The summed E-state index contributed by atoms with van der Waals surface area (Å²) in [4.78, 5) is 13.1. The topological polar surface area (TPSA) is 58.4 Å². The Hall–Kier alpha value is -1.62. The average molecular weight is 223 g/mol. The van der Waals surface area contributed by atoms with Crippen LogP contribution in [0.4, 0.5) is 10.1 Å². The van der Waals surface area contributed by atoms with Gasteiger partial charge in [-0.2, -0.15) is 0 Å². The van der Waals surface area contributed by atoms with E-state index in [9.17, 15) is 9.18 Å². The van der Waals surface area contributed by atoms with Crippen molar-refractivity contribution in [3.05, 3.63) is 29.6 Å². The van der Waals surface area contributed by atoms with E-state index in [2.05, 4.69) is 5.32 Å². The molecule has 0 saturated carbocycles. The molecule has 4 nitrogen and oxygen atoms in total. The molecule has 0 bridgehead atoms. The molecule has 0 aromatic heterocycles. The number of hydrogen-bond acceptors (Lipinski definition) is 3. The van der Waals surface area contributed by atoms with Gasteiger partial charge in [-0.15, -0.1) is 0 Å². The molecule has 0 aliphatic carbocycles. The third kappa shape index (κ3) is 2.49. The lowest BCUT2D eigenvalue weighted by atomic mass is 10.1. The van der Waals surface area contributed by atoms with E-state index >= 15 is 0 Å². The van der Waals surface area contributed by atoms with Gasteiger partial charge in [0.05, 0.1) is 12.2 Å². The first-order chi connectivity index (χ1) is 7.65.